The number of likely N-dealkylation sites (tertiary alicyclic amines) is 1. The maximum absolute atomic E-state index is 12.7. The maximum Gasteiger partial charge on any atom is 0.227 e. The molecule has 2 aliphatic rings. The number of hydrogen-bond acceptors (Lipinski definition) is 5. The van der Waals surface area contributed by atoms with E-state index in [0.717, 1.165) is 35.5 Å². The Morgan fingerprint density at radius 3 is 2.96 bits per heavy atom. The summed E-state index contributed by atoms with van der Waals surface area (Å²) < 4.78 is 5.37. The fraction of sp³-hybridized carbons (Fsp3) is 0.556. The number of imidazole rings is 1. The summed E-state index contributed by atoms with van der Waals surface area (Å²) >= 11 is 0. The average molecular weight is 344 g/mol. The van der Waals surface area contributed by atoms with Crippen LogP contribution in [0.4, 0.5) is 0 Å². The van der Waals surface area contributed by atoms with Crippen molar-refractivity contribution in [1.82, 2.24) is 19.8 Å². The number of aromatic amines is 1. The zero-order valence-electron chi connectivity index (χ0n) is 14.4. The Morgan fingerprint density at radius 1 is 1.36 bits per heavy atom. The molecule has 2 aromatic rings. The topological polar surface area (TPSA) is 81.7 Å². The SMILES string of the molecule is Cc1nc2ccc(CC(=O)N3C[C@H](O)[C@@H](N4CCOCC4)C3)cc2[nH]1. The molecule has 2 saturated heterocycles. The molecule has 134 valence electrons. The van der Waals surface area contributed by atoms with Crippen molar-refractivity contribution in [2.45, 2.75) is 25.5 Å². The third-order valence-corrected chi connectivity index (χ3v) is 5.15. The number of rotatable bonds is 3. The number of aliphatic hydroxyl groups excluding tert-OH is 1. The van der Waals surface area contributed by atoms with Gasteiger partial charge in [-0.05, 0) is 24.6 Å². The van der Waals surface area contributed by atoms with Crippen molar-refractivity contribution < 1.29 is 14.6 Å². The summed E-state index contributed by atoms with van der Waals surface area (Å²) in [4.78, 5) is 24.3. The van der Waals surface area contributed by atoms with E-state index in [0.29, 0.717) is 32.7 Å². The number of aliphatic hydroxyl groups is 1. The lowest BCUT2D eigenvalue weighted by Gasteiger charge is -2.33. The van der Waals surface area contributed by atoms with Crippen LogP contribution in [0.1, 0.15) is 11.4 Å². The largest absolute Gasteiger partial charge is 0.390 e. The normalized spacial score (nSPS) is 25.0. The molecule has 0 saturated carbocycles. The molecule has 1 aromatic heterocycles. The molecule has 7 heteroatoms. The number of H-pyrrole nitrogens is 1. The Labute approximate surface area is 146 Å². The summed E-state index contributed by atoms with van der Waals surface area (Å²) in [6.45, 7) is 5.95. The lowest BCUT2D eigenvalue weighted by Crippen LogP contribution is -2.49. The van der Waals surface area contributed by atoms with Gasteiger partial charge in [-0.15, -0.1) is 0 Å². The second-order valence-corrected chi connectivity index (χ2v) is 6.93. The number of carbonyl (C=O) groups excluding carboxylic acids is 1. The van der Waals surface area contributed by atoms with E-state index < -0.39 is 6.10 Å². The highest BCUT2D eigenvalue weighted by Crippen LogP contribution is 2.20. The van der Waals surface area contributed by atoms with Crippen LogP contribution in [0.15, 0.2) is 18.2 Å². The van der Waals surface area contributed by atoms with Crippen molar-refractivity contribution in [3.63, 3.8) is 0 Å². The number of benzene rings is 1. The number of hydrogen-bond donors (Lipinski definition) is 2. The predicted octanol–water partition coefficient (Wildman–Crippen LogP) is 0.318. The number of morpholine rings is 1. The van der Waals surface area contributed by atoms with E-state index in [1.807, 2.05) is 25.1 Å². The molecular weight excluding hydrogens is 320 g/mol. The van der Waals surface area contributed by atoms with Gasteiger partial charge in [0.05, 0.1) is 42.8 Å². The quantitative estimate of drug-likeness (QED) is 0.838. The van der Waals surface area contributed by atoms with E-state index in [-0.39, 0.29) is 11.9 Å². The number of fused-ring (bicyclic) bond motifs is 1. The molecule has 4 rings (SSSR count). The van der Waals surface area contributed by atoms with E-state index >= 15 is 0 Å². The van der Waals surface area contributed by atoms with Crippen molar-refractivity contribution in [3.05, 3.63) is 29.6 Å². The highest BCUT2D eigenvalue weighted by atomic mass is 16.5. The Morgan fingerprint density at radius 2 is 2.16 bits per heavy atom. The minimum atomic E-state index is -0.486. The summed E-state index contributed by atoms with van der Waals surface area (Å²) in [5.74, 6) is 0.930. The first kappa shape index (κ1) is 16.5. The molecule has 7 nitrogen and oxygen atoms in total. The van der Waals surface area contributed by atoms with Gasteiger partial charge >= 0.3 is 0 Å². The number of aryl methyl sites for hydroxylation is 1. The van der Waals surface area contributed by atoms with Gasteiger partial charge in [-0.1, -0.05) is 6.07 Å². The van der Waals surface area contributed by atoms with Crippen molar-refractivity contribution >= 4 is 16.9 Å². The van der Waals surface area contributed by atoms with Gasteiger partial charge in [-0.3, -0.25) is 9.69 Å². The summed E-state index contributed by atoms with van der Waals surface area (Å²) in [6.07, 6.45) is -0.143. The molecule has 2 aliphatic heterocycles. The van der Waals surface area contributed by atoms with E-state index in [1.54, 1.807) is 4.90 Å². The van der Waals surface area contributed by atoms with E-state index in [2.05, 4.69) is 14.9 Å². The van der Waals surface area contributed by atoms with Gasteiger partial charge in [0.15, 0.2) is 0 Å². The first-order chi connectivity index (χ1) is 12.1. The van der Waals surface area contributed by atoms with Crippen LogP contribution in [0.25, 0.3) is 11.0 Å². The van der Waals surface area contributed by atoms with Gasteiger partial charge < -0.3 is 19.7 Å². The Balaban J connectivity index is 1.41. The van der Waals surface area contributed by atoms with Crippen LogP contribution >= 0.6 is 0 Å². The van der Waals surface area contributed by atoms with Gasteiger partial charge in [0, 0.05) is 26.2 Å². The van der Waals surface area contributed by atoms with Crippen LogP contribution in [-0.2, 0) is 16.0 Å². The second kappa shape index (κ2) is 6.74. The number of nitrogens with one attached hydrogen (secondary N) is 1. The van der Waals surface area contributed by atoms with Crippen LogP contribution in [-0.4, -0.2) is 82.3 Å². The van der Waals surface area contributed by atoms with Crippen LogP contribution in [0, 0.1) is 6.92 Å². The van der Waals surface area contributed by atoms with E-state index in [1.165, 1.54) is 0 Å². The standard InChI is InChI=1S/C18H24N4O3/c1-12-19-14-3-2-13(8-15(14)20-12)9-18(24)22-10-16(17(23)11-22)21-4-6-25-7-5-21/h2-3,8,16-17,23H,4-7,9-11H2,1H3,(H,19,20)/t16-,17-/m0/s1. The van der Waals surface area contributed by atoms with Gasteiger partial charge in [-0.2, -0.15) is 0 Å². The number of nitrogens with zero attached hydrogens (tertiary/aromatic N) is 3. The number of β-amino-alcohol motifs (C(OH)–C–C–N with tert-alkyl or cyclic N) is 1. The monoisotopic (exact) mass is 344 g/mol. The predicted molar refractivity (Wildman–Crippen MR) is 93.3 cm³/mol. The number of ether oxygens (including phenoxy) is 1. The Hall–Kier alpha value is -1.96. The summed E-state index contributed by atoms with van der Waals surface area (Å²) in [5.41, 5.74) is 2.83. The summed E-state index contributed by atoms with van der Waals surface area (Å²) in [6, 6.07) is 5.90. The number of aromatic nitrogens is 2. The maximum atomic E-state index is 12.7. The first-order valence-electron chi connectivity index (χ1n) is 8.83. The highest BCUT2D eigenvalue weighted by molar-refractivity contribution is 5.82. The smallest absolute Gasteiger partial charge is 0.227 e. The molecule has 1 amide bonds. The minimum Gasteiger partial charge on any atom is -0.390 e. The molecule has 2 fully saturated rings. The average Bonchev–Trinajstić information content (AvgIpc) is 3.17. The molecule has 2 atom stereocenters. The van der Waals surface area contributed by atoms with Gasteiger partial charge in [0.1, 0.15) is 5.82 Å². The second-order valence-electron chi connectivity index (χ2n) is 6.93. The van der Waals surface area contributed by atoms with Crippen LogP contribution in [0.2, 0.25) is 0 Å². The molecule has 0 radical (unpaired) electrons. The molecule has 0 unspecified atom stereocenters. The van der Waals surface area contributed by atoms with Crippen molar-refractivity contribution in [2.75, 3.05) is 39.4 Å². The lowest BCUT2D eigenvalue weighted by molar-refractivity contribution is -0.129. The molecule has 0 spiro atoms. The Bertz CT molecular complexity index is 769. The Kier molecular flexibility index (Phi) is 4.45. The zero-order chi connectivity index (χ0) is 17.4. The minimum absolute atomic E-state index is 0.0191. The molecule has 1 aromatic carbocycles. The molecule has 2 N–H and O–H groups in total. The summed E-state index contributed by atoms with van der Waals surface area (Å²) in [5, 5.41) is 10.4. The fourth-order valence-corrected chi connectivity index (χ4v) is 3.82. The van der Waals surface area contributed by atoms with Crippen LogP contribution < -0.4 is 0 Å². The fourth-order valence-electron chi connectivity index (χ4n) is 3.82. The van der Waals surface area contributed by atoms with Gasteiger partial charge in [0.2, 0.25) is 5.91 Å². The third-order valence-electron chi connectivity index (χ3n) is 5.15. The molecule has 25 heavy (non-hydrogen) atoms. The first-order valence-corrected chi connectivity index (χ1v) is 8.83. The lowest BCUT2D eigenvalue weighted by atomic mass is 10.1. The molecule has 3 heterocycles. The van der Waals surface area contributed by atoms with E-state index in [4.69, 9.17) is 4.74 Å². The van der Waals surface area contributed by atoms with Crippen molar-refractivity contribution in [2.24, 2.45) is 0 Å². The van der Waals surface area contributed by atoms with Crippen molar-refractivity contribution in [3.8, 4) is 0 Å². The zero-order valence-corrected chi connectivity index (χ0v) is 14.4. The number of carbonyl (C=O) groups is 1. The van der Waals surface area contributed by atoms with Crippen LogP contribution in [0.3, 0.4) is 0 Å². The van der Waals surface area contributed by atoms with Crippen molar-refractivity contribution in [1.29, 1.82) is 0 Å². The molecule has 0 aliphatic carbocycles. The van der Waals surface area contributed by atoms with Gasteiger partial charge in [0.25, 0.3) is 0 Å². The molecular formula is C18H24N4O3. The van der Waals surface area contributed by atoms with Crippen LogP contribution in [0.5, 0.6) is 0 Å². The number of amides is 1. The van der Waals surface area contributed by atoms with E-state index in [9.17, 15) is 9.90 Å². The summed E-state index contributed by atoms with van der Waals surface area (Å²) in [7, 11) is 0. The highest BCUT2D eigenvalue weighted by Gasteiger charge is 2.37. The third kappa shape index (κ3) is 3.40. The molecule has 0 bridgehead atoms. The van der Waals surface area contributed by atoms with Gasteiger partial charge in [-0.25, -0.2) is 4.98 Å².